The number of halogens is 1. The Labute approximate surface area is 54.6 Å². The molecule has 0 radical (unpaired) electrons. The molecule has 3 heteroatoms. The van der Waals surface area contributed by atoms with Gasteiger partial charge in [0.2, 0.25) is 0 Å². The summed E-state index contributed by atoms with van der Waals surface area (Å²) in [6, 6.07) is 0. The first-order chi connectivity index (χ1) is 4.20. The van der Waals surface area contributed by atoms with Gasteiger partial charge in [0.05, 0.1) is 12.9 Å². The van der Waals surface area contributed by atoms with Gasteiger partial charge in [0, 0.05) is 6.54 Å². The third-order valence-electron chi connectivity index (χ3n) is 0.877. The smallest absolute Gasteiger partial charge is 0.0894 e. The van der Waals surface area contributed by atoms with Crippen molar-refractivity contribution in [2.24, 2.45) is 0 Å². The Morgan fingerprint density at radius 1 is 1.67 bits per heavy atom. The summed E-state index contributed by atoms with van der Waals surface area (Å²) in [5, 5.41) is 8.44. The summed E-state index contributed by atoms with van der Waals surface area (Å²) < 4.78 is 11.7. The molecule has 0 saturated heterocycles. The fourth-order valence-corrected chi connectivity index (χ4v) is 0.525. The van der Waals surface area contributed by atoms with Crippen molar-refractivity contribution in [3.63, 3.8) is 0 Å². The third-order valence-corrected chi connectivity index (χ3v) is 0.877. The first-order valence-corrected chi connectivity index (χ1v) is 2.74. The van der Waals surface area contributed by atoms with Gasteiger partial charge in [-0.05, 0) is 19.7 Å². The molecule has 0 aliphatic carbocycles. The SMILES string of the molecule is CN(C)C/C(=C\F)CO. The Morgan fingerprint density at radius 2 is 2.22 bits per heavy atom. The van der Waals surface area contributed by atoms with E-state index in [0.29, 0.717) is 18.4 Å². The van der Waals surface area contributed by atoms with Crippen LogP contribution in [0.2, 0.25) is 0 Å². The predicted octanol–water partition coefficient (Wildman–Crippen LogP) is 0.394. The molecule has 0 aliphatic rings. The number of nitrogens with zero attached hydrogens (tertiary/aromatic N) is 1. The fourth-order valence-electron chi connectivity index (χ4n) is 0.525. The van der Waals surface area contributed by atoms with E-state index in [-0.39, 0.29) is 6.61 Å². The molecular formula is C6H12FNO. The average Bonchev–Trinajstić information content (AvgIpc) is 1.82. The molecule has 0 saturated carbocycles. The molecule has 0 bridgehead atoms. The van der Waals surface area contributed by atoms with Crippen molar-refractivity contribution in [1.82, 2.24) is 4.90 Å². The molecule has 0 fully saturated rings. The van der Waals surface area contributed by atoms with E-state index in [1.165, 1.54) is 0 Å². The highest BCUT2D eigenvalue weighted by Crippen LogP contribution is 1.93. The van der Waals surface area contributed by atoms with Gasteiger partial charge in [0.25, 0.3) is 0 Å². The van der Waals surface area contributed by atoms with E-state index >= 15 is 0 Å². The molecule has 0 amide bonds. The highest BCUT2D eigenvalue weighted by molar-refractivity contribution is 4.99. The minimum Gasteiger partial charge on any atom is -0.392 e. The zero-order chi connectivity index (χ0) is 7.28. The lowest BCUT2D eigenvalue weighted by Crippen LogP contribution is -2.16. The second-order valence-electron chi connectivity index (χ2n) is 2.16. The van der Waals surface area contributed by atoms with Gasteiger partial charge in [-0.25, -0.2) is 4.39 Å². The Hall–Kier alpha value is -0.410. The number of hydrogen-bond donors (Lipinski definition) is 1. The molecule has 9 heavy (non-hydrogen) atoms. The van der Waals surface area contributed by atoms with Crippen LogP contribution >= 0.6 is 0 Å². The summed E-state index contributed by atoms with van der Waals surface area (Å²) in [6.45, 7) is 0.279. The second-order valence-corrected chi connectivity index (χ2v) is 2.16. The zero-order valence-corrected chi connectivity index (χ0v) is 5.76. The largest absolute Gasteiger partial charge is 0.392 e. The maximum absolute atomic E-state index is 11.7. The van der Waals surface area contributed by atoms with Crippen LogP contribution in [0.15, 0.2) is 11.9 Å². The molecular weight excluding hydrogens is 121 g/mol. The van der Waals surface area contributed by atoms with E-state index in [2.05, 4.69) is 0 Å². The van der Waals surface area contributed by atoms with Gasteiger partial charge < -0.3 is 10.0 Å². The molecule has 0 rings (SSSR count). The number of rotatable bonds is 3. The van der Waals surface area contributed by atoms with Crippen molar-refractivity contribution in [3.05, 3.63) is 11.9 Å². The summed E-state index contributed by atoms with van der Waals surface area (Å²) in [5.41, 5.74) is 0.403. The molecule has 2 nitrogen and oxygen atoms in total. The summed E-state index contributed by atoms with van der Waals surface area (Å²) in [5.74, 6) is 0. The van der Waals surface area contributed by atoms with Crippen molar-refractivity contribution in [2.75, 3.05) is 27.2 Å². The van der Waals surface area contributed by atoms with Gasteiger partial charge in [0.1, 0.15) is 0 Å². The topological polar surface area (TPSA) is 23.5 Å². The van der Waals surface area contributed by atoms with Gasteiger partial charge in [-0.2, -0.15) is 0 Å². The number of hydrogen-bond acceptors (Lipinski definition) is 2. The van der Waals surface area contributed by atoms with Gasteiger partial charge in [-0.1, -0.05) is 0 Å². The van der Waals surface area contributed by atoms with Crippen molar-refractivity contribution < 1.29 is 9.50 Å². The molecule has 0 spiro atoms. The van der Waals surface area contributed by atoms with Crippen LogP contribution in [-0.2, 0) is 0 Å². The van der Waals surface area contributed by atoms with Crippen LogP contribution in [0.5, 0.6) is 0 Å². The number of aliphatic hydroxyl groups is 1. The normalized spacial score (nSPS) is 12.8. The van der Waals surface area contributed by atoms with E-state index in [1.807, 2.05) is 14.1 Å². The Morgan fingerprint density at radius 3 is 2.33 bits per heavy atom. The molecule has 0 atom stereocenters. The monoisotopic (exact) mass is 133 g/mol. The molecule has 54 valence electrons. The zero-order valence-electron chi connectivity index (χ0n) is 5.76. The summed E-state index contributed by atoms with van der Waals surface area (Å²) in [7, 11) is 3.64. The van der Waals surface area contributed by atoms with E-state index < -0.39 is 0 Å². The molecule has 0 aromatic carbocycles. The standard InChI is InChI=1S/C6H12FNO/c1-8(2)4-6(3-7)5-9/h3,9H,4-5H2,1-2H3/b6-3+. The van der Waals surface area contributed by atoms with Crippen LogP contribution in [-0.4, -0.2) is 37.3 Å². The third kappa shape index (κ3) is 4.12. The van der Waals surface area contributed by atoms with Crippen LogP contribution in [0.4, 0.5) is 4.39 Å². The molecule has 0 aromatic rings. The fraction of sp³-hybridized carbons (Fsp3) is 0.667. The molecule has 0 aliphatic heterocycles. The van der Waals surface area contributed by atoms with Crippen LogP contribution < -0.4 is 0 Å². The first-order valence-electron chi connectivity index (χ1n) is 2.74. The molecule has 1 N–H and O–H groups in total. The van der Waals surface area contributed by atoms with Crippen molar-refractivity contribution in [2.45, 2.75) is 0 Å². The van der Waals surface area contributed by atoms with Crippen LogP contribution in [0.25, 0.3) is 0 Å². The molecule has 0 aromatic heterocycles. The molecule has 0 heterocycles. The summed E-state index contributed by atoms with van der Waals surface area (Å²) in [4.78, 5) is 1.79. The average molecular weight is 133 g/mol. The maximum atomic E-state index is 11.7. The van der Waals surface area contributed by atoms with Crippen LogP contribution in [0, 0.1) is 0 Å². The minimum atomic E-state index is -0.200. The van der Waals surface area contributed by atoms with Crippen molar-refractivity contribution >= 4 is 0 Å². The Balaban J connectivity index is 3.58. The van der Waals surface area contributed by atoms with Gasteiger partial charge in [0.15, 0.2) is 0 Å². The lowest BCUT2D eigenvalue weighted by atomic mass is 10.3. The maximum Gasteiger partial charge on any atom is 0.0894 e. The predicted molar refractivity (Wildman–Crippen MR) is 34.8 cm³/mol. The van der Waals surface area contributed by atoms with Crippen LogP contribution in [0.1, 0.15) is 0 Å². The summed E-state index contributed by atoms with van der Waals surface area (Å²) in [6.07, 6.45) is 0.444. The van der Waals surface area contributed by atoms with E-state index in [1.54, 1.807) is 4.90 Å². The van der Waals surface area contributed by atoms with Crippen molar-refractivity contribution in [1.29, 1.82) is 0 Å². The first kappa shape index (κ1) is 8.59. The van der Waals surface area contributed by atoms with Gasteiger partial charge >= 0.3 is 0 Å². The van der Waals surface area contributed by atoms with Gasteiger partial charge in [-0.3, -0.25) is 0 Å². The van der Waals surface area contributed by atoms with E-state index in [9.17, 15) is 4.39 Å². The van der Waals surface area contributed by atoms with E-state index in [4.69, 9.17) is 5.11 Å². The lowest BCUT2D eigenvalue weighted by Gasteiger charge is -2.08. The highest BCUT2D eigenvalue weighted by atomic mass is 19.1. The minimum absolute atomic E-state index is 0.200. The lowest BCUT2D eigenvalue weighted by molar-refractivity contribution is 0.309. The number of likely N-dealkylation sites (N-methyl/N-ethyl adjacent to an activating group) is 1. The summed E-state index contributed by atoms with van der Waals surface area (Å²) >= 11 is 0. The highest BCUT2D eigenvalue weighted by Gasteiger charge is 1.95. The second kappa shape index (κ2) is 4.47. The van der Waals surface area contributed by atoms with Gasteiger partial charge in [-0.15, -0.1) is 0 Å². The number of aliphatic hydroxyl groups excluding tert-OH is 1. The van der Waals surface area contributed by atoms with E-state index in [0.717, 1.165) is 0 Å². The Bertz CT molecular complexity index is 101. The quantitative estimate of drug-likeness (QED) is 0.602. The Kier molecular flexibility index (Phi) is 4.26. The van der Waals surface area contributed by atoms with Crippen LogP contribution in [0.3, 0.4) is 0 Å². The van der Waals surface area contributed by atoms with Crippen molar-refractivity contribution in [3.8, 4) is 0 Å². The molecule has 0 unspecified atom stereocenters.